The van der Waals surface area contributed by atoms with Crippen LogP contribution < -0.4 is 10.5 Å². The Kier molecular flexibility index (Phi) is 1.66. The van der Waals surface area contributed by atoms with Crippen molar-refractivity contribution < 1.29 is 0 Å². The lowest BCUT2D eigenvalue weighted by molar-refractivity contribution is 1.56. The molecular formula is C10H8B2N2. The van der Waals surface area contributed by atoms with Crippen molar-refractivity contribution in [2.45, 2.75) is 0 Å². The standard InChI is InChI=1S/C10H8B2N2/c1-3-11-13-9-6-8-2-4-12-14-10(8)5-7(1)9/h1-6,13-14H. The van der Waals surface area contributed by atoms with Gasteiger partial charge in [0, 0.05) is 11.4 Å². The predicted octanol–water partition coefficient (Wildman–Crippen LogP) is 1.72. The summed E-state index contributed by atoms with van der Waals surface area (Å²) in [6.07, 6.45) is 4.21. The molecule has 2 nitrogen and oxygen atoms in total. The zero-order valence-corrected chi connectivity index (χ0v) is 7.62. The SMILES string of the molecule is [B]1C=Cc2cc3c(cc2N1)C=C[B]N3. The summed E-state index contributed by atoms with van der Waals surface area (Å²) in [5.41, 5.74) is 4.78. The van der Waals surface area contributed by atoms with Gasteiger partial charge in [-0.1, -0.05) is 24.1 Å². The van der Waals surface area contributed by atoms with Gasteiger partial charge in [0.2, 0.25) is 0 Å². The highest BCUT2D eigenvalue weighted by atomic mass is 14.8. The molecule has 0 saturated carbocycles. The molecule has 0 atom stereocenters. The number of fused-ring (bicyclic) bond motifs is 2. The maximum atomic E-state index is 3.23. The summed E-state index contributed by atoms with van der Waals surface area (Å²) in [5, 5.41) is 6.46. The first-order chi connectivity index (χ1) is 6.93. The third-order valence-electron chi connectivity index (χ3n) is 2.44. The average molecular weight is 178 g/mol. The van der Waals surface area contributed by atoms with Crippen molar-refractivity contribution in [2.75, 3.05) is 10.5 Å². The molecule has 2 aliphatic heterocycles. The molecular weight excluding hydrogens is 170 g/mol. The van der Waals surface area contributed by atoms with Gasteiger partial charge in [-0.2, -0.15) is 0 Å². The molecule has 0 fully saturated rings. The van der Waals surface area contributed by atoms with Crippen molar-refractivity contribution >= 4 is 38.4 Å². The summed E-state index contributed by atoms with van der Waals surface area (Å²) in [7, 11) is 3.89. The average Bonchev–Trinajstić information content (AvgIpc) is 2.26. The summed E-state index contributed by atoms with van der Waals surface area (Å²) < 4.78 is 0. The van der Waals surface area contributed by atoms with Crippen molar-refractivity contribution in [1.29, 1.82) is 0 Å². The van der Waals surface area contributed by atoms with Gasteiger partial charge in [0.15, 0.2) is 0 Å². The van der Waals surface area contributed by atoms with Crippen LogP contribution in [0.1, 0.15) is 11.1 Å². The van der Waals surface area contributed by atoms with E-state index >= 15 is 0 Å². The molecule has 64 valence electrons. The van der Waals surface area contributed by atoms with Crippen molar-refractivity contribution in [3.05, 3.63) is 35.2 Å². The van der Waals surface area contributed by atoms with Gasteiger partial charge in [0.1, 0.15) is 0 Å². The summed E-state index contributed by atoms with van der Waals surface area (Å²) in [6.45, 7) is 0. The predicted molar refractivity (Wildman–Crippen MR) is 63.3 cm³/mol. The van der Waals surface area contributed by atoms with E-state index in [0.29, 0.717) is 0 Å². The minimum absolute atomic E-state index is 1.17. The molecule has 0 spiro atoms. The van der Waals surface area contributed by atoms with E-state index in [1.807, 2.05) is 26.8 Å². The molecule has 3 rings (SSSR count). The van der Waals surface area contributed by atoms with E-state index in [2.05, 4.69) is 34.7 Å². The molecule has 0 aliphatic carbocycles. The van der Waals surface area contributed by atoms with Crippen molar-refractivity contribution in [1.82, 2.24) is 0 Å². The zero-order valence-electron chi connectivity index (χ0n) is 7.62. The molecule has 0 saturated heterocycles. The van der Waals surface area contributed by atoms with Crippen molar-refractivity contribution in [3.63, 3.8) is 0 Å². The quantitative estimate of drug-likeness (QED) is 0.590. The highest BCUT2D eigenvalue weighted by molar-refractivity contribution is 6.50. The van der Waals surface area contributed by atoms with Gasteiger partial charge in [0.05, 0.1) is 0 Å². The molecule has 14 heavy (non-hydrogen) atoms. The van der Waals surface area contributed by atoms with Crippen molar-refractivity contribution in [3.8, 4) is 0 Å². The number of benzene rings is 1. The molecule has 4 heteroatoms. The van der Waals surface area contributed by atoms with Crippen LogP contribution in [0.15, 0.2) is 24.1 Å². The third kappa shape index (κ3) is 1.15. The molecule has 2 radical (unpaired) electrons. The normalized spacial score (nSPS) is 15.4. The van der Waals surface area contributed by atoms with E-state index in [-0.39, 0.29) is 0 Å². The largest absolute Gasteiger partial charge is 0.428 e. The fourth-order valence-electron chi connectivity index (χ4n) is 1.74. The summed E-state index contributed by atoms with van der Waals surface area (Å²) >= 11 is 0. The maximum absolute atomic E-state index is 3.23. The lowest BCUT2D eigenvalue weighted by Crippen LogP contribution is -2.12. The van der Waals surface area contributed by atoms with Crippen LogP contribution in [0.3, 0.4) is 0 Å². The molecule has 0 amide bonds. The second-order valence-corrected chi connectivity index (χ2v) is 3.37. The highest BCUT2D eigenvalue weighted by Gasteiger charge is 2.10. The van der Waals surface area contributed by atoms with Gasteiger partial charge >= 0.3 is 0 Å². The Hall–Kier alpha value is -1.57. The summed E-state index contributed by atoms with van der Waals surface area (Å²) in [6, 6.07) is 4.31. The smallest absolute Gasteiger partial charge is 0.274 e. The van der Waals surface area contributed by atoms with E-state index in [9.17, 15) is 0 Å². The van der Waals surface area contributed by atoms with Crippen LogP contribution in [0.2, 0.25) is 0 Å². The Bertz CT molecular complexity index is 396. The van der Waals surface area contributed by atoms with Gasteiger partial charge in [-0.15, -0.1) is 0 Å². The number of rotatable bonds is 0. The van der Waals surface area contributed by atoms with E-state index in [4.69, 9.17) is 0 Å². The van der Waals surface area contributed by atoms with Gasteiger partial charge in [-0.05, 0) is 23.3 Å². The Balaban J connectivity index is 2.18. The van der Waals surface area contributed by atoms with Crippen LogP contribution in [-0.2, 0) is 0 Å². The van der Waals surface area contributed by atoms with E-state index in [0.717, 1.165) is 0 Å². The number of nitrogens with one attached hydrogen (secondary N) is 2. The summed E-state index contributed by atoms with van der Waals surface area (Å²) in [5.74, 6) is 4.02. The topological polar surface area (TPSA) is 24.1 Å². The van der Waals surface area contributed by atoms with E-state index in [1.165, 1.54) is 22.5 Å². The molecule has 2 aliphatic rings. The van der Waals surface area contributed by atoms with Crippen LogP contribution in [0, 0.1) is 0 Å². The third-order valence-corrected chi connectivity index (χ3v) is 2.44. The lowest BCUT2D eigenvalue weighted by Gasteiger charge is -2.18. The highest BCUT2D eigenvalue weighted by Crippen LogP contribution is 2.29. The van der Waals surface area contributed by atoms with Gasteiger partial charge < -0.3 is 10.5 Å². The molecule has 2 N–H and O–H groups in total. The lowest BCUT2D eigenvalue weighted by atomic mass is 9.84. The van der Waals surface area contributed by atoms with Crippen LogP contribution in [0.4, 0.5) is 11.4 Å². The van der Waals surface area contributed by atoms with Gasteiger partial charge in [0.25, 0.3) is 14.8 Å². The minimum atomic E-state index is 1.17. The molecule has 0 unspecified atom stereocenters. The molecule has 0 bridgehead atoms. The fraction of sp³-hybridized carbons (Fsp3) is 0. The first-order valence-electron chi connectivity index (χ1n) is 4.64. The maximum Gasteiger partial charge on any atom is 0.274 e. The molecule has 2 heterocycles. The second-order valence-electron chi connectivity index (χ2n) is 3.37. The van der Waals surface area contributed by atoms with Crippen LogP contribution >= 0.6 is 0 Å². The first-order valence-corrected chi connectivity index (χ1v) is 4.64. The Morgan fingerprint density at radius 2 is 1.29 bits per heavy atom. The fourth-order valence-corrected chi connectivity index (χ4v) is 1.74. The monoisotopic (exact) mass is 178 g/mol. The van der Waals surface area contributed by atoms with Gasteiger partial charge in [-0.3, -0.25) is 0 Å². The van der Waals surface area contributed by atoms with Crippen LogP contribution in [-0.4, -0.2) is 14.8 Å². The van der Waals surface area contributed by atoms with Crippen LogP contribution in [0.5, 0.6) is 0 Å². The number of hydrogen-bond acceptors (Lipinski definition) is 2. The minimum Gasteiger partial charge on any atom is -0.428 e. The molecule has 1 aromatic carbocycles. The van der Waals surface area contributed by atoms with E-state index in [1.54, 1.807) is 0 Å². The van der Waals surface area contributed by atoms with E-state index < -0.39 is 0 Å². The second kappa shape index (κ2) is 2.98. The number of anilines is 2. The number of hydrogen-bond donors (Lipinski definition) is 2. The van der Waals surface area contributed by atoms with Crippen molar-refractivity contribution in [2.24, 2.45) is 0 Å². The Labute approximate surface area is 84.6 Å². The first kappa shape index (κ1) is 7.80. The molecule has 0 aromatic heterocycles. The molecule has 1 aromatic rings. The zero-order chi connectivity index (χ0) is 9.38. The Morgan fingerprint density at radius 3 is 1.79 bits per heavy atom. The van der Waals surface area contributed by atoms with Gasteiger partial charge in [-0.25, -0.2) is 0 Å². The summed E-state index contributed by atoms with van der Waals surface area (Å²) in [4.78, 5) is 0. The van der Waals surface area contributed by atoms with Crippen LogP contribution in [0.25, 0.3) is 12.2 Å². The Morgan fingerprint density at radius 1 is 0.786 bits per heavy atom.